The highest BCUT2D eigenvalue weighted by molar-refractivity contribution is 5.91. The van der Waals surface area contributed by atoms with E-state index in [4.69, 9.17) is 4.42 Å². The normalized spacial score (nSPS) is 15.2. The minimum Gasteiger partial charge on any atom is -0.465 e. The van der Waals surface area contributed by atoms with Gasteiger partial charge in [-0.1, -0.05) is 0 Å². The first kappa shape index (κ1) is 17.1. The molecule has 3 heterocycles. The van der Waals surface area contributed by atoms with Crippen LogP contribution in [0, 0.1) is 0 Å². The number of anilines is 2. The zero-order valence-electron chi connectivity index (χ0n) is 14.7. The average Bonchev–Trinajstić information content (AvgIpc) is 3.13. The van der Waals surface area contributed by atoms with Gasteiger partial charge in [-0.2, -0.15) is 0 Å². The first-order valence-electron chi connectivity index (χ1n) is 8.60. The molecule has 1 fully saturated rings. The third-order valence-electron chi connectivity index (χ3n) is 4.06. The van der Waals surface area contributed by atoms with E-state index in [-0.39, 0.29) is 5.91 Å². The number of nitrogens with one attached hydrogen (secondary N) is 1. The predicted octanol–water partition coefficient (Wildman–Crippen LogP) is 2.86. The summed E-state index contributed by atoms with van der Waals surface area (Å²) in [4.78, 5) is 20.9. The van der Waals surface area contributed by atoms with E-state index < -0.39 is 0 Å². The van der Waals surface area contributed by atoms with Gasteiger partial charge in [-0.25, -0.2) is 4.98 Å². The molecule has 1 saturated heterocycles. The second-order valence-electron chi connectivity index (χ2n) is 6.33. The number of piperazine rings is 1. The molecule has 0 radical (unpaired) electrons. The van der Waals surface area contributed by atoms with Gasteiger partial charge in [0.1, 0.15) is 5.76 Å². The predicted molar refractivity (Wildman–Crippen MR) is 99.5 cm³/mol. The van der Waals surface area contributed by atoms with E-state index in [1.807, 2.05) is 29.3 Å². The van der Waals surface area contributed by atoms with Gasteiger partial charge in [0.2, 0.25) is 5.91 Å². The van der Waals surface area contributed by atoms with Crippen LogP contribution < -0.4 is 10.2 Å². The average molecular weight is 340 g/mol. The first-order valence-corrected chi connectivity index (χ1v) is 8.60. The van der Waals surface area contributed by atoms with Crippen molar-refractivity contribution in [3.8, 4) is 0 Å². The van der Waals surface area contributed by atoms with Crippen molar-refractivity contribution >= 4 is 23.5 Å². The standard InChI is InChI=1S/C19H24N4O2/c1-15(2)21-17-6-3-9-20-19(17)23-12-10-22(11-13-23)18(24)8-7-16-5-4-14-25-16/h3-9,14-15,21H,10-13H2,1-2H3/b8-7+. The molecular formula is C19H24N4O2. The van der Waals surface area contributed by atoms with Crippen molar-refractivity contribution in [2.75, 3.05) is 36.4 Å². The van der Waals surface area contributed by atoms with Crippen molar-refractivity contribution in [2.24, 2.45) is 0 Å². The maximum absolute atomic E-state index is 12.3. The number of hydrogen-bond acceptors (Lipinski definition) is 5. The number of furan rings is 1. The molecule has 6 heteroatoms. The fraction of sp³-hybridized carbons (Fsp3) is 0.368. The highest BCUT2D eigenvalue weighted by atomic mass is 16.3. The lowest BCUT2D eigenvalue weighted by Crippen LogP contribution is -2.48. The lowest BCUT2D eigenvalue weighted by Gasteiger charge is -2.36. The molecule has 6 nitrogen and oxygen atoms in total. The van der Waals surface area contributed by atoms with Crippen LogP contribution in [0.4, 0.5) is 11.5 Å². The molecule has 3 rings (SSSR count). The Morgan fingerprint density at radius 3 is 2.72 bits per heavy atom. The van der Waals surface area contributed by atoms with Crippen LogP contribution in [0.3, 0.4) is 0 Å². The summed E-state index contributed by atoms with van der Waals surface area (Å²) in [5, 5.41) is 3.43. The van der Waals surface area contributed by atoms with Gasteiger partial charge in [-0.3, -0.25) is 4.79 Å². The van der Waals surface area contributed by atoms with Crippen LogP contribution in [0.1, 0.15) is 19.6 Å². The number of rotatable bonds is 5. The van der Waals surface area contributed by atoms with Crippen LogP contribution in [-0.2, 0) is 4.79 Å². The van der Waals surface area contributed by atoms with Gasteiger partial charge in [0.05, 0.1) is 12.0 Å². The van der Waals surface area contributed by atoms with E-state index in [2.05, 4.69) is 29.0 Å². The van der Waals surface area contributed by atoms with Gasteiger partial charge < -0.3 is 19.5 Å². The Hall–Kier alpha value is -2.76. The van der Waals surface area contributed by atoms with Gasteiger partial charge in [-0.05, 0) is 44.2 Å². The van der Waals surface area contributed by atoms with E-state index in [0.29, 0.717) is 24.9 Å². The van der Waals surface area contributed by atoms with Crippen molar-refractivity contribution < 1.29 is 9.21 Å². The molecule has 1 N–H and O–H groups in total. The summed E-state index contributed by atoms with van der Waals surface area (Å²) in [6.45, 7) is 7.11. The Kier molecular flexibility index (Phi) is 5.38. The molecule has 0 atom stereocenters. The number of aromatic nitrogens is 1. The van der Waals surface area contributed by atoms with E-state index in [9.17, 15) is 4.79 Å². The Morgan fingerprint density at radius 2 is 2.04 bits per heavy atom. The molecule has 1 amide bonds. The van der Waals surface area contributed by atoms with Crippen LogP contribution in [0.5, 0.6) is 0 Å². The molecular weight excluding hydrogens is 316 g/mol. The molecule has 0 spiro atoms. The molecule has 0 saturated carbocycles. The number of nitrogens with zero attached hydrogens (tertiary/aromatic N) is 3. The third kappa shape index (κ3) is 4.41. The monoisotopic (exact) mass is 340 g/mol. The minimum atomic E-state index is 0.0117. The Labute approximate surface area is 148 Å². The Bertz CT molecular complexity index is 717. The van der Waals surface area contributed by atoms with Crippen LogP contribution in [0.2, 0.25) is 0 Å². The number of amides is 1. The van der Waals surface area contributed by atoms with E-state index >= 15 is 0 Å². The van der Waals surface area contributed by atoms with Gasteiger partial charge in [-0.15, -0.1) is 0 Å². The highest BCUT2D eigenvalue weighted by Gasteiger charge is 2.22. The first-order chi connectivity index (χ1) is 12.1. The highest BCUT2D eigenvalue weighted by Crippen LogP contribution is 2.24. The smallest absolute Gasteiger partial charge is 0.246 e. The number of carbonyl (C=O) groups excluding carboxylic acids is 1. The zero-order valence-corrected chi connectivity index (χ0v) is 14.7. The molecule has 1 aliphatic heterocycles. The van der Waals surface area contributed by atoms with Gasteiger partial charge in [0.25, 0.3) is 0 Å². The maximum Gasteiger partial charge on any atom is 0.246 e. The van der Waals surface area contributed by atoms with Crippen molar-refractivity contribution in [1.29, 1.82) is 0 Å². The van der Waals surface area contributed by atoms with Gasteiger partial charge >= 0.3 is 0 Å². The molecule has 0 unspecified atom stereocenters. The third-order valence-corrected chi connectivity index (χ3v) is 4.06. The van der Waals surface area contributed by atoms with Crippen LogP contribution >= 0.6 is 0 Å². The molecule has 2 aromatic rings. The van der Waals surface area contributed by atoms with Crippen molar-refractivity contribution in [1.82, 2.24) is 9.88 Å². The summed E-state index contributed by atoms with van der Waals surface area (Å²) in [5.41, 5.74) is 1.04. The van der Waals surface area contributed by atoms with Crippen LogP contribution in [-0.4, -0.2) is 48.0 Å². The maximum atomic E-state index is 12.3. The largest absolute Gasteiger partial charge is 0.465 e. The minimum absolute atomic E-state index is 0.0117. The Morgan fingerprint density at radius 1 is 1.24 bits per heavy atom. The van der Waals surface area contributed by atoms with Crippen LogP contribution in [0.15, 0.2) is 47.2 Å². The lowest BCUT2D eigenvalue weighted by atomic mass is 10.2. The zero-order chi connectivity index (χ0) is 17.6. The van der Waals surface area contributed by atoms with Gasteiger partial charge in [0.15, 0.2) is 5.82 Å². The van der Waals surface area contributed by atoms with E-state index in [0.717, 1.165) is 24.6 Å². The summed E-state index contributed by atoms with van der Waals surface area (Å²) >= 11 is 0. The fourth-order valence-electron chi connectivity index (χ4n) is 2.86. The second-order valence-corrected chi connectivity index (χ2v) is 6.33. The van der Waals surface area contributed by atoms with Crippen molar-refractivity contribution in [2.45, 2.75) is 19.9 Å². The Balaban J connectivity index is 1.59. The quantitative estimate of drug-likeness (QED) is 0.848. The molecule has 0 aliphatic carbocycles. The second kappa shape index (κ2) is 7.88. The van der Waals surface area contributed by atoms with E-state index in [1.165, 1.54) is 0 Å². The van der Waals surface area contributed by atoms with Crippen LogP contribution in [0.25, 0.3) is 6.08 Å². The number of pyridine rings is 1. The van der Waals surface area contributed by atoms with Crippen molar-refractivity contribution in [3.63, 3.8) is 0 Å². The lowest BCUT2D eigenvalue weighted by molar-refractivity contribution is -0.126. The topological polar surface area (TPSA) is 61.6 Å². The van der Waals surface area contributed by atoms with Crippen molar-refractivity contribution in [3.05, 3.63) is 48.6 Å². The SMILES string of the molecule is CC(C)Nc1cccnc1N1CCN(C(=O)/C=C/c2ccco2)CC1. The summed E-state index contributed by atoms with van der Waals surface area (Å²) < 4.78 is 5.21. The number of carbonyl (C=O) groups is 1. The summed E-state index contributed by atoms with van der Waals surface area (Å²) in [6.07, 6.45) is 6.68. The summed E-state index contributed by atoms with van der Waals surface area (Å²) in [6, 6.07) is 7.96. The fourth-order valence-corrected chi connectivity index (χ4v) is 2.86. The van der Waals surface area contributed by atoms with Gasteiger partial charge in [0, 0.05) is 44.5 Å². The number of hydrogen-bond donors (Lipinski definition) is 1. The molecule has 2 aromatic heterocycles. The summed E-state index contributed by atoms with van der Waals surface area (Å²) in [7, 11) is 0. The molecule has 1 aliphatic rings. The summed E-state index contributed by atoms with van der Waals surface area (Å²) in [5.74, 6) is 1.65. The molecule has 25 heavy (non-hydrogen) atoms. The molecule has 0 bridgehead atoms. The van der Waals surface area contributed by atoms with E-state index in [1.54, 1.807) is 24.5 Å². The molecule has 0 aromatic carbocycles. The molecule has 132 valence electrons.